The van der Waals surface area contributed by atoms with Gasteiger partial charge in [0, 0.05) is 25.0 Å². The quantitative estimate of drug-likeness (QED) is 0.814. The van der Waals surface area contributed by atoms with Crippen LogP contribution in [-0.4, -0.2) is 39.0 Å². The smallest absolute Gasteiger partial charge is 0.232 e. The van der Waals surface area contributed by atoms with E-state index in [2.05, 4.69) is 9.38 Å². The molecular weight excluding hydrogens is 258 g/mol. The first-order chi connectivity index (χ1) is 9.26. The topological polar surface area (TPSA) is 37.6 Å². The minimum absolute atomic E-state index is 0.212. The van der Waals surface area contributed by atoms with Crippen LogP contribution in [0.3, 0.4) is 0 Å². The van der Waals surface area contributed by atoms with E-state index >= 15 is 0 Å². The number of rotatable bonds is 6. The van der Waals surface area contributed by atoms with E-state index in [-0.39, 0.29) is 5.91 Å². The van der Waals surface area contributed by atoms with Gasteiger partial charge in [0.1, 0.15) is 5.65 Å². The molecule has 0 bridgehead atoms. The predicted molar refractivity (Wildman–Crippen MR) is 79.3 cm³/mol. The number of pyridine rings is 1. The summed E-state index contributed by atoms with van der Waals surface area (Å²) in [5.74, 6) is 1.55. The van der Waals surface area contributed by atoms with Crippen molar-refractivity contribution < 1.29 is 4.79 Å². The highest BCUT2D eigenvalue weighted by Gasteiger charge is 2.10. The van der Waals surface area contributed by atoms with Crippen molar-refractivity contribution >= 4 is 23.3 Å². The van der Waals surface area contributed by atoms with Gasteiger partial charge in [0.15, 0.2) is 0 Å². The predicted octanol–water partition coefficient (Wildman–Crippen LogP) is 2.44. The summed E-state index contributed by atoms with van der Waals surface area (Å²) in [5.41, 5.74) is 2.08. The standard InChI is InChI=1S/C14H19N3OS/c1-3-16(4-2)14(18)11-19-10-12-9-15-13-7-5-6-8-17(12)13/h5-9H,3-4,10-11H2,1-2H3. The summed E-state index contributed by atoms with van der Waals surface area (Å²) in [7, 11) is 0. The van der Waals surface area contributed by atoms with Gasteiger partial charge < -0.3 is 9.30 Å². The maximum Gasteiger partial charge on any atom is 0.232 e. The van der Waals surface area contributed by atoms with Crippen LogP contribution in [-0.2, 0) is 10.5 Å². The molecule has 1 amide bonds. The van der Waals surface area contributed by atoms with Crippen molar-refractivity contribution in [3.63, 3.8) is 0 Å². The minimum atomic E-state index is 0.212. The molecule has 0 aliphatic rings. The van der Waals surface area contributed by atoms with Crippen LogP contribution in [0.15, 0.2) is 30.6 Å². The fraction of sp³-hybridized carbons (Fsp3) is 0.429. The van der Waals surface area contributed by atoms with Crippen LogP contribution in [0.1, 0.15) is 19.5 Å². The molecule has 4 nitrogen and oxygen atoms in total. The number of fused-ring (bicyclic) bond motifs is 1. The summed E-state index contributed by atoms with van der Waals surface area (Å²) in [6, 6.07) is 5.95. The number of thioether (sulfide) groups is 1. The van der Waals surface area contributed by atoms with E-state index in [9.17, 15) is 4.79 Å². The average Bonchev–Trinajstić information content (AvgIpc) is 2.84. The first-order valence-corrected chi connectivity index (χ1v) is 7.68. The van der Waals surface area contributed by atoms with Crippen LogP contribution in [0.25, 0.3) is 5.65 Å². The van der Waals surface area contributed by atoms with E-state index in [0.717, 1.165) is 30.2 Å². The number of aromatic nitrogens is 2. The van der Waals surface area contributed by atoms with Crippen LogP contribution >= 0.6 is 11.8 Å². The Morgan fingerprint density at radius 3 is 2.89 bits per heavy atom. The molecule has 2 aromatic rings. The summed E-state index contributed by atoms with van der Waals surface area (Å²) in [4.78, 5) is 18.1. The summed E-state index contributed by atoms with van der Waals surface area (Å²) < 4.78 is 2.06. The molecule has 0 N–H and O–H groups in total. The van der Waals surface area contributed by atoms with Gasteiger partial charge in [-0.1, -0.05) is 6.07 Å². The molecule has 0 aliphatic heterocycles. The molecule has 2 aromatic heterocycles. The second-order valence-electron chi connectivity index (χ2n) is 4.24. The first-order valence-electron chi connectivity index (χ1n) is 6.52. The number of carbonyl (C=O) groups excluding carboxylic acids is 1. The summed E-state index contributed by atoms with van der Waals surface area (Å²) in [6.45, 7) is 5.59. The number of hydrogen-bond acceptors (Lipinski definition) is 3. The van der Waals surface area contributed by atoms with Gasteiger partial charge in [0.25, 0.3) is 0 Å². The zero-order valence-electron chi connectivity index (χ0n) is 11.4. The maximum atomic E-state index is 11.9. The Morgan fingerprint density at radius 2 is 2.16 bits per heavy atom. The van der Waals surface area contributed by atoms with Crippen molar-refractivity contribution in [2.45, 2.75) is 19.6 Å². The van der Waals surface area contributed by atoms with Crippen molar-refractivity contribution in [3.8, 4) is 0 Å². The van der Waals surface area contributed by atoms with Gasteiger partial charge >= 0.3 is 0 Å². The Hall–Kier alpha value is -1.49. The van der Waals surface area contributed by atoms with Crippen molar-refractivity contribution in [2.24, 2.45) is 0 Å². The van der Waals surface area contributed by atoms with Crippen LogP contribution in [0, 0.1) is 0 Å². The highest BCUT2D eigenvalue weighted by atomic mass is 32.2. The summed E-state index contributed by atoms with van der Waals surface area (Å²) >= 11 is 1.64. The lowest BCUT2D eigenvalue weighted by Gasteiger charge is -2.18. The number of imidazole rings is 1. The van der Waals surface area contributed by atoms with Crippen molar-refractivity contribution in [2.75, 3.05) is 18.8 Å². The molecule has 0 atom stereocenters. The number of nitrogens with zero attached hydrogens (tertiary/aromatic N) is 3. The highest BCUT2D eigenvalue weighted by molar-refractivity contribution is 7.99. The molecule has 0 aromatic carbocycles. The van der Waals surface area contributed by atoms with Crippen LogP contribution < -0.4 is 0 Å². The molecular formula is C14H19N3OS. The van der Waals surface area contributed by atoms with E-state index in [1.54, 1.807) is 11.8 Å². The largest absolute Gasteiger partial charge is 0.343 e. The molecule has 0 saturated carbocycles. The monoisotopic (exact) mass is 277 g/mol. The lowest BCUT2D eigenvalue weighted by molar-refractivity contribution is -0.127. The number of carbonyl (C=O) groups is 1. The lowest BCUT2D eigenvalue weighted by atomic mass is 10.4. The van der Waals surface area contributed by atoms with Crippen molar-refractivity contribution in [1.29, 1.82) is 0 Å². The first kappa shape index (κ1) is 13.9. The van der Waals surface area contributed by atoms with Crippen LogP contribution in [0.2, 0.25) is 0 Å². The van der Waals surface area contributed by atoms with E-state index in [0.29, 0.717) is 5.75 Å². The molecule has 2 heterocycles. The summed E-state index contributed by atoms with van der Waals surface area (Å²) in [5, 5.41) is 0. The Bertz CT molecular complexity index is 548. The molecule has 5 heteroatoms. The molecule has 19 heavy (non-hydrogen) atoms. The van der Waals surface area contributed by atoms with Gasteiger partial charge in [-0.25, -0.2) is 4.98 Å². The van der Waals surface area contributed by atoms with Gasteiger partial charge in [-0.3, -0.25) is 4.79 Å². The van der Waals surface area contributed by atoms with E-state index < -0.39 is 0 Å². The van der Waals surface area contributed by atoms with Crippen LogP contribution in [0.5, 0.6) is 0 Å². The number of amides is 1. The second kappa shape index (κ2) is 6.61. The average molecular weight is 277 g/mol. The molecule has 0 spiro atoms. The minimum Gasteiger partial charge on any atom is -0.343 e. The van der Waals surface area contributed by atoms with Gasteiger partial charge in [-0.15, -0.1) is 11.8 Å². The second-order valence-corrected chi connectivity index (χ2v) is 5.22. The molecule has 102 valence electrons. The Kier molecular flexibility index (Phi) is 4.85. The lowest BCUT2D eigenvalue weighted by Crippen LogP contribution is -2.31. The van der Waals surface area contributed by atoms with E-state index in [1.807, 2.05) is 49.3 Å². The Balaban J connectivity index is 1.91. The fourth-order valence-electron chi connectivity index (χ4n) is 2.00. The molecule has 0 saturated heterocycles. The zero-order chi connectivity index (χ0) is 13.7. The Morgan fingerprint density at radius 1 is 1.37 bits per heavy atom. The van der Waals surface area contributed by atoms with Gasteiger partial charge in [-0.05, 0) is 26.0 Å². The summed E-state index contributed by atoms with van der Waals surface area (Å²) in [6.07, 6.45) is 3.88. The van der Waals surface area contributed by atoms with Crippen molar-refractivity contribution in [3.05, 3.63) is 36.3 Å². The third-order valence-corrected chi connectivity index (χ3v) is 4.04. The third kappa shape index (κ3) is 3.29. The SMILES string of the molecule is CCN(CC)C(=O)CSCc1cnc2ccccn12. The normalized spacial score (nSPS) is 10.8. The molecule has 0 unspecified atom stereocenters. The molecule has 0 fully saturated rings. The fourth-order valence-corrected chi connectivity index (χ4v) is 2.88. The van der Waals surface area contributed by atoms with E-state index in [1.165, 1.54) is 0 Å². The van der Waals surface area contributed by atoms with Crippen molar-refractivity contribution in [1.82, 2.24) is 14.3 Å². The molecule has 0 aliphatic carbocycles. The van der Waals surface area contributed by atoms with Gasteiger partial charge in [0.2, 0.25) is 5.91 Å². The molecule has 0 radical (unpaired) electrons. The molecule has 2 rings (SSSR count). The maximum absolute atomic E-state index is 11.9. The zero-order valence-corrected chi connectivity index (χ0v) is 12.2. The number of hydrogen-bond donors (Lipinski definition) is 0. The van der Waals surface area contributed by atoms with Gasteiger partial charge in [-0.2, -0.15) is 0 Å². The van der Waals surface area contributed by atoms with Gasteiger partial charge in [0.05, 0.1) is 17.6 Å². The van der Waals surface area contributed by atoms with Crippen LogP contribution in [0.4, 0.5) is 0 Å². The highest BCUT2D eigenvalue weighted by Crippen LogP contribution is 2.14. The Labute approximate surface area is 117 Å². The third-order valence-electron chi connectivity index (χ3n) is 3.09. The van der Waals surface area contributed by atoms with E-state index in [4.69, 9.17) is 0 Å².